The van der Waals surface area contributed by atoms with E-state index in [0.717, 1.165) is 5.56 Å². The highest BCUT2D eigenvalue weighted by Crippen LogP contribution is 2.34. The Balaban J connectivity index is 3.28. The fraction of sp³-hybridized carbons (Fsp3) is 0.308. The summed E-state index contributed by atoms with van der Waals surface area (Å²) in [6.45, 7) is 5.02. The predicted molar refractivity (Wildman–Crippen MR) is 64.8 cm³/mol. The van der Waals surface area contributed by atoms with Gasteiger partial charge in [-0.15, -0.1) is 6.58 Å². The van der Waals surface area contributed by atoms with E-state index in [0.29, 0.717) is 23.7 Å². The molecule has 4 heteroatoms. The van der Waals surface area contributed by atoms with Crippen LogP contribution in [0.2, 0.25) is 0 Å². The van der Waals surface area contributed by atoms with Gasteiger partial charge < -0.3 is 14.2 Å². The van der Waals surface area contributed by atoms with Crippen molar-refractivity contribution in [3.05, 3.63) is 30.4 Å². The number of esters is 1. The third-order valence-electron chi connectivity index (χ3n) is 2.20. The molecule has 0 radical (unpaired) electrons. The van der Waals surface area contributed by atoms with E-state index in [9.17, 15) is 4.79 Å². The zero-order valence-electron chi connectivity index (χ0n) is 10.3. The minimum Gasteiger partial charge on any atom is -0.496 e. The van der Waals surface area contributed by atoms with Gasteiger partial charge in [-0.1, -0.05) is 6.08 Å². The van der Waals surface area contributed by atoms with Crippen LogP contribution in [0.15, 0.2) is 24.8 Å². The van der Waals surface area contributed by atoms with E-state index < -0.39 is 0 Å². The van der Waals surface area contributed by atoms with Crippen LogP contribution < -0.4 is 14.2 Å². The first kappa shape index (κ1) is 13.1. The third kappa shape index (κ3) is 3.24. The number of ether oxygens (including phenoxy) is 3. The molecule has 0 amide bonds. The zero-order chi connectivity index (χ0) is 12.8. The molecular formula is C13H16O4. The van der Waals surface area contributed by atoms with Gasteiger partial charge in [-0.3, -0.25) is 4.79 Å². The van der Waals surface area contributed by atoms with E-state index in [2.05, 4.69) is 6.58 Å². The van der Waals surface area contributed by atoms with Gasteiger partial charge in [0.1, 0.15) is 17.2 Å². The van der Waals surface area contributed by atoms with Gasteiger partial charge in [0.15, 0.2) is 0 Å². The first-order valence-corrected chi connectivity index (χ1v) is 5.16. The summed E-state index contributed by atoms with van der Waals surface area (Å²) >= 11 is 0. The molecule has 0 saturated carbocycles. The van der Waals surface area contributed by atoms with E-state index in [-0.39, 0.29) is 5.97 Å². The van der Waals surface area contributed by atoms with E-state index in [1.807, 2.05) is 0 Å². The normalized spacial score (nSPS) is 9.59. The average Bonchev–Trinajstić information content (AvgIpc) is 2.30. The summed E-state index contributed by atoms with van der Waals surface area (Å²) in [5.41, 5.74) is 0.776. The van der Waals surface area contributed by atoms with Gasteiger partial charge in [-0.2, -0.15) is 0 Å². The van der Waals surface area contributed by atoms with Gasteiger partial charge in [-0.25, -0.2) is 0 Å². The third-order valence-corrected chi connectivity index (χ3v) is 2.20. The van der Waals surface area contributed by atoms with Crippen LogP contribution >= 0.6 is 0 Å². The Labute approximate surface area is 101 Å². The van der Waals surface area contributed by atoms with Crippen LogP contribution in [0.1, 0.15) is 12.5 Å². The molecule has 0 bridgehead atoms. The Morgan fingerprint density at radius 2 is 1.94 bits per heavy atom. The number of carbonyl (C=O) groups excluding carboxylic acids is 1. The second kappa shape index (κ2) is 5.94. The maximum Gasteiger partial charge on any atom is 0.308 e. The molecule has 0 saturated heterocycles. The molecule has 0 spiro atoms. The summed E-state index contributed by atoms with van der Waals surface area (Å²) in [5, 5.41) is 0. The lowest BCUT2D eigenvalue weighted by molar-refractivity contribution is -0.131. The molecule has 0 unspecified atom stereocenters. The largest absolute Gasteiger partial charge is 0.496 e. The highest BCUT2D eigenvalue weighted by atomic mass is 16.5. The van der Waals surface area contributed by atoms with Crippen molar-refractivity contribution in [2.45, 2.75) is 13.3 Å². The van der Waals surface area contributed by atoms with Crippen LogP contribution in [0.25, 0.3) is 0 Å². The second-order valence-electron chi connectivity index (χ2n) is 3.39. The summed E-state index contributed by atoms with van der Waals surface area (Å²) < 4.78 is 15.5. The van der Waals surface area contributed by atoms with Gasteiger partial charge in [0.2, 0.25) is 0 Å². The molecule has 17 heavy (non-hydrogen) atoms. The predicted octanol–water partition coefficient (Wildman–Crippen LogP) is 2.36. The molecule has 0 aliphatic heterocycles. The lowest BCUT2D eigenvalue weighted by atomic mass is 10.1. The number of rotatable bonds is 5. The van der Waals surface area contributed by atoms with Crippen LogP contribution in [0.5, 0.6) is 17.2 Å². The average molecular weight is 236 g/mol. The summed E-state index contributed by atoms with van der Waals surface area (Å²) in [4.78, 5) is 11.0. The van der Waals surface area contributed by atoms with E-state index in [4.69, 9.17) is 14.2 Å². The molecule has 0 aliphatic rings. The first-order chi connectivity index (χ1) is 8.12. The minimum absolute atomic E-state index is 0.384. The van der Waals surface area contributed by atoms with Crippen molar-refractivity contribution in [3.63, 3.8) is 0 Å². The van der Waals surface area contributed by atoms with Gasteiger partial charge in [-0.05, 0) is 6.42 Å². The molecule has 92 valence electrons. The topological polar surface area (TPSA) is 44.8 Å². The molecule has 0 aliphatic carbocycles. The van der Waals surface area contributed by atoms with Crippen molar-refractivity contribution in [2.75, 3.05) is 14.2 Å². The van der Waals surface area contributed by atoms with Crippen molar-refractivity contribution in [2.24, 2.45) is 0 Å². The van der Waals surface area contributed by atoms with Gasteiger partial charge in [0, 0.05) is 24.6 Å². The van der Waals surface area contributed by atoms with E-state index >= 15 is 0 Å². The van der Waals surface area contributed by atoms with Crippen molar-refractivity contribution in [3.8, 4) is 17.2 Å². The van der Waals surface area contributed by atoms with Gasteiger partial charge in [0.05, 0.1) is 14.2 Å². The molecule has 0 atom stereocenters. The van der Waals surface area contributed by atoms with Gasteiger partial charge >= 0.3 is 5.97 Å². The highest BCUT2D eigenvalue weighted by molar-refractivity contribution is 5.71. The number of methoxy groups -OCH3 is 2. The summed E-state index contributed by atoms with van der Waals surface area (Å²) in [6, 6.07) is 3.40. The summed E-state index contributed by atoms with van der Waals surface area (Å²) in [7, 11) is 3.10. The van der Waals surface area contributed by atoms with Crippen molar-refractivity contribution in [1.82, 2.24) is 0 Å². The molecule has 1 aromatic rings. The first-order valence-electron chi connectivity index (χ1n) is 5.16. The van der Waals surface area contributed by atoms with E-state index in [1.54, 1.807) is 32.4 Å². The number of carbonyl (C=O) groups is 1. The van der Waals surface area contributed by atoms with Crippen LogP contribution in [-0.2, 0) is 11.2 Å². The van der Waals surface area contributed by atoms with Gasteiger partial charge in [0.25, 0.3) is 0 Å². The molecule has 1 rings (SSSR count). The molecule has 0 N–H and O–H groups in total. The van der Waals surface area contributed by atoms with Crippen LogP contribution in [-0.4, -0.2) is 20.2 Å². The standard InChI is InChI=1S/C13H16O4/c1-5-6-11-12(16-4)7-10(15-3)8-13(11)17-9(2)14/h5,7-8H,1,6H2,2-4H3. The maximum absolute atomic E-state index is 11.0. The lowest BCUT2D eigenvalue weighted by Crippen LogP contribution is -2.05. The Morgan fingerprint density at radius 1 is 1.29 bits per heavy atom. The summed E-state index contributed by atoms with van der Waals surface area (Å²) in [5.74, 6) is 1.24. The molecule has 1 aromatic carbocycles. The smallest absolute Gasteiger partial charge is 0.308 e. The van der Waals surface area contributed by atoms with Crippen molar-refractivity contribution in [1.29, 1.82) is 0 Å². The van der Waals surface area contributed by atoms with E-state index in [1.165, 1.54) is 6.92 Å². The number of allylic oxidation sites excluding steroid dienone is 1. The van der Waals surface area contributed by atoms with Crippen LogP contribution in [0, 0.1) is 0 Å². The van der Waals surface area contributed by atoms with Crippen LogP contribution in [0.4, 0.5) is 0 Å². The molecule has 0 fully saturated rings. The monoisotopic (exact) mass is 236 g/mol. The number of hydrogen-bond donors (Lipinski definition) is 0. The Bertz CT molecular complexity index is 424. The highest BCUT2D eigenvalue weighted by Gasteiger charge is 2.13. The number of hydrogen-bond acceptors (Lipinski definition) is 4. The van der Waals surface area contributed by atoms with Crippen molar-refractivity contribution < 1.29 is 19.0 Å². The molecule has 0 aromatic heterocycles. The molecular weight excluding hydrogens is 220 g/mol. The minimum atomic E-state index is -0.384. The Kier molecular flexibility index (Phi) is 4.57. The SMILES string of the molecule is C=CCc1c(OC)cc(OC)cc1OC(C)=O. The molecule has 0 heterocycles. The molecule has 4 nitrogen and oxygen atoms in total. The summed E-state index contributed by atoms with van der Waals surface area (Å²) in [6.07, 6.45) is 2.27. The quantitative estimate of drug-likeness (QED) is 0.447. The van der Waals surface area contributed by atoms with Crippen LogP contribution in [0.3, 0.4) is 0 Å². The fourth-order valence-corrected chi connectivity index (χ4v) is 1.49. The maximum atomic E-state index is 11.0. The second-order valence-corrected chi connectivity index (χ2v) is 3.39. The Hall–Kier alpha value is -1.97. The van der Waals surface area contributed by atoms with Crippen molar-refractivity contribution >= 4 is 5.97 Å². The Morgan fingerprint density at radius 3 is 2.41 bits per heavy atom. The number of benzene rings is 1. The lowest BCUT2D eigenvalue weighted by Gasteiger charge is -2.14. The fourth-order valence-electron chi connectivity index (χ4n) is 1.49. The zero-order valence-corrected chi connectivity index (χ0v) is 10.3.